The van der Waals surface area contributed by atoms with Crippen LogP contribution in [0.4, 0.5) is 4.39 Å². The number of halogens is 1. The molecule has 0 aliphatic carbocycles. The van der Waals surface area contributed by atoms with Crippen LogP contribution in [-0.4, -0.2) is 31.3 Å². The average molecular weight is 344 g/mol. The highest BCUT2D eigenvalue weighted by Crippen LogP contribution is 2.28. The molecule has 5 nitrogen and oxygen atoms in total. The van der Waals surface area contributed by atoms with Gasteiger partial charge in [-0.3, -0.25) is 4.79 Å². The number of amides is 1. The maximum atomic E-state index is 14.0. The molecule has 0 unspecified atom stereocenters. The number of rotatable bonds is 6. The number of piperidine rings is 1. The van der Waals surface area contributed by atoms with Crippen LogP contribution in [0, 0.1) is 0 Å². The zero-order valence-electron chi connectivity index (χ0n) is 13.8. The third-order valence-electron chi connectivity index (χ3n) is 4.09. The second kappa shape index (κ2) is 7.98. The van der Waals surface area contributed by atoms with Crippen LogP contribution in [0.5, 0.6) is 11.5 Å². The summed E-state index contributed by atoms with van der Waals surface area (Å²) in [5, 5.41) is 2.97. The summed E-state index contributed by atoms with van der Waals surface area (Å²) in [6.07, 6.45) is -1.22. The first kappa shape index (κ1) is 17.2. The van der Waals surface area contributed by atoms with Crippen LogP contribution in [0.2, 0.25) is 0 Å². The number of hydrogen-bond donors (Lipinski definition) is 2. The van der Waals surface area contributed by atoms with E-state index in [1.165, 1.54) is 0 Å². The van der Waals surface area contributed by atoms with Crippen LogP contribution in [-0.2, 0) is 6.61 Å². The number of nitrogens with two attached hydrogens (primary N) is 1. The predicted molar refractivity (Wildman–Crippen MR) is 92.5 cm³/mol. The minimum absolute atomic E-state index is 0.220. The van der Waals surface area contributed by atoms with Crippen LogP contribution in [0.1, 0.15) is 22.3 Å². The zero-order valence-corrected chi connectivity index (χ0v) is 13.8. The first-order chi connectivity index (χ1) is 12.1. The van der Waals surface area contributed by atoms with Crippen LogP contribution in [0.3, 0.4) is 0 Å². The predicted octanol–water partition coefficient (Wildman–Crippen LogP) is 2.44. The highest BCUT2D eigenvalue weighted by molar-refractivity contribution is 5.95. The fourth-order valence-electron chi connectivity index (χ4n) is 2.73. The molecule has 1 fully saturated rings. The van der Waals surface area contributed by atoms with Crippen molar-refractivity contribution in [3.8, 4) is 11.5 Å². The Labute approximate surface area is 145 Å². The Balaban J connectivity index is 1.75. The zero-order chi connectivity index (χ0) is 17.6. The standard InChI is InChI=1S/C19H21FN2O3/c20-16-11-22-9-8-17(16)25-18-10-14(6-7-15(18)19(21)23)24-12-13-4-2-1-3-5-13/h1-7,10,16-17,22H,8-9,11-12H2,(H2,21,23)/t16-,17-/m1/s1. The minimum atomic E-state index is -1.14. The molecule has 0 bridgehead atoms. The fourth-order valence-corrected chi connectivity index (χ4v) is 2.73. The first-order valence-corrected chi connectivity index (χ1v) is 8.25. The first-order valence-electron chi connectivity index (χ1n) is 8.25. The summed E-state index contributed by atoms with van der Waals surface area (Å²) in [6, 6.07) is 14.5. The van der Waals surface area contributed by atoms with Gasteiger partial charge in [0.25, 0.3) is 5.91 Å². The van der Waals surface area contributed by atoms with Crippen molar-refractivity contribution in [3.63, 3.8) is 0 Å². The van der Waals surface area contributed by atoms with Crippen LogP contribution < -0.4 is 20.5 Å². The van der Waals surface area contributed by atoms with Gasteiger partial charge in [0, 0.05) is 12.6 Å². The van der Waals surface area contributed by atoms with Crippen molar-refractivity contribution >= 4 is 5.91 Å². The van der Waals surface area contributed by atoms with Gasteiger partial charge in [-0.2, -0.15) is 0 Å². The number of primary amides is 1. The maximum Gasteiger partial charge on any atom is 0.252 e. The number of hydrogen-bond acceptors (Lipinski definition) is 4. The van der Waals surface area contributed by atoms with Gasteiger partial charge in [0.1, 0.15) is 30.4 Å². The summed E-state index contributed by atoms with van der Waals surface area (Å²) in [5.41, 5.74) is 6.64. The number of carbonyl (C=O) groups excluding carboxylic acids is 1. The van der Waals surface area contributed by atoms with E-state index in [9.17, 15) is 9.18 Å². The third kappa shape index (κ3) is 4.48. The molecule has 6 heteroatoms. The largest absolute Gasteiger partial charge is 0.489 e. The lowest BCUT2D eigenvalue weighted by molar-refractivity contribution is 0.0711. The normalized spacial score (nSPS) is 20.0. The van der Waals surface area contributed by atoms with E-state index >= 15 is 0 Å². The highest BCUT2D eigenvalue weighted by atomic mass is 19.1. The topological polar surface area (TPSA) is 73.6 Å². The molecule has 2 atom stereocenters. The van der Waals surface area contributed by atoms with Gasteiger partial charge in [0.15, 0.2) is 0 Å². The Morgan fingerprint density at radius 3 is 2.76 bits per heavy atom. The van der Waals surface area contributed by atoms with Gasteiger partial charge in [-0.05, 0) is 30.7 Å². The Morgan fingerprint density at radius 1 is 1.24 bits per heavy atom. The highest BCUT2D eigenvalue weighted by Gasteiger charge is 2.27. The molecular formula is C19H21FN2O3. The molecule has 2 aromatic rings. The van der Waals surface area contributed by atoms with Gasteiger partial charge in [-0.25, -0.2) is 4.39 Å². The molecule has 0 spiro atoms. The van der Waals surface area contributed by atoms with Crippen molar-refractivity contribution in [2.75, 3.05) is 13.1 Å². The molecule has 0 aromatic heterocycles. The number of ether oxygens (including phenoxy) is 2. The third-order valence-corrected chi connectivity index (χ3v) is 4.09. The van der Waals surface area contributed by atoms with E-state index in [1.807, 2.05) is 30.3 Å². The summed E-state index contributed by atoms with van der Waals surface area (Å²) in [7, 11) is 0. The summed E-state index contributed by atoms with van der Waals surface area (Å²) in [4.78, 5) is 11.6. The molecule has 3 N–H and O–H groups in total. The van der Waals surface area contributed by atoms with Gasteiger partial charge in [-0.15, -0.1) is 0 Å². The molecule has 1 aliphatic rings. The quantitative estimate of drug-likeness (QED) is 0.844. The summed E-state index contributed by atoms with van der Waals surface area (Å²) >= 11 is 0. The second-order valence-electron chi connectivity index (χ2n) is 5.96. The van der Waals surface area contributed by atoms with E-state index in [-0.39, 0.29) is 17.9 Å². The fraction of sp³-hybridized carbons (Fsp3) is 0.316. The van der Waals surface area contributed by atoms with Crippen molar-refractivity contribution in [1.29, 1.82) is 0 Å². The lowest BCUT2D eigenvalue weighted by Crippen LogP contribution is -2.44. The molecule has 1 saturated heterocycles. The number of carbonyl (C=O) groups is 1. The van der Waals surface area contributed by atoms with E-state index in [0.717, 1.165) is 5.56 Å². The molecule has 25 heavy (non-hydrogen) atoms. The lowest BCUT2D eigenvalue weighted by atomic mass is 10.1. The maximum absolute atomic E-state index is 14.0. The van der Waals surface area contributed by atoms with Crippen molar-refractivity contribution < 1.29 is 18.7 Å². The molecule has 1 aliphatic heterocycles. The Bertz CT molecular complexity index is 724. The van der Waals surface area contributed by atoms with Gasteiger partial charge < -0.3 is 20.5 Å². The Hall–Kier alpha value is -2.60. The van der Waals surface area contributed by atoms with Crippen molar-refractivity contribution in [3.05, 3.63) is 59.7 Å². The van der Waals surface area contributed by atoms with E-state index < -0.39 is 18.2 Å². The van der Waals surface area contributed by atoms with Gasteiger partial charge in [0.2, 0.25) is 0 Å². The number of alkyl halides is 1. The van der Waals surface area contributed by atoms with Crippen LogP contribution in [0.25, 0.3) is 0 Å². The molecule has 0 radical (unpaired) electrons. The molecule has 2 aromatic carbocycles. The Kier molecular flexibility index (Phi) is 5.50. The van der Waals surface area contributed by atoms with E-state index in [2.05, 4.69) is 5.32 Å². The minimum Gasteiger partial charge on any atom is -0.489 e. The van der Waals surface area contributed by atoms with E-state index in [1.54, 1.807) is 18.2 Å². The Morgan fingerprint density at radius 2 is 2.04 bits per heavy atom. The number of benzene rings is 2. The molecular weight excluding hydrogens is 323 g/mol. The average Bonchev–Trinajstić information content (AvgIpc) is 2.63. The van der Waals surface area contributed by atoms with Crippen LogP contribution >= 0.6 is 0 Å². The van der Waals surface area contributed by atoms with E-state index in [4.69, 9.17) is 15.2 Å². The smallest absolute Gasteiger partial charge is 0.252 e. The van der Waals surface area contributed by atoms with Crippen molar-refractivity contribution in [2.24, 2.45) is 5.73 Å². The van der Waals surface area contributed by atoms with Crippen molar-refractivity contribution in [2.45, 2.75) is 25.3 Å². The van der Waals surface area contributed by atoms with Gasteiger partial charge in [0.05, 0.1) is 5.56 Å². The van der Waals surface area contributed by atoms with Crippen LogP contribution in [0.15, 0.2) is 48.5 Å². The lowest BCUT2D eigenvalue weighted by Gasteiger charge is -2.28. The van der Waals surface area contributed by atoms with Gasteiger partial charge >= 0.3 is 0 Å². The molecule has 1 heterocycles. The monoisotopic (exact) mass is 344 g/mol. The van der Waals surface area contributed by atoms with Crippen molar-refractivity contribution in [1.82, 2.24) is 5.32 Å². The molecule has 132 valence electrons. The SMILES string of the molecule is NC(=O)c1ccc(OCc2ccccc2)cc1O[C@@H]1CCNC[C@H]1F. The molecule has 3 rings (SSSR count). The summed E-state index contributed by atoms with van der Waals surface area (Å²) in [5.74, 6) is 0.176. The van der Waals surface area contributed by atoms with Gasteiger partial charge in [-0.1, -0.05) is 30.3 Å². The molecule has 0 saturated carbocycles. The summed E-state index contributed by atoms with van der Waals surface area (Å²) in [6.45, 7) is 1.29. The van der Waals surface area contributed by atoms with E-state index in [0.29, 0.717) is 25.3 Å². The number of nitrogens with one attached hydrogen (secondary N) is 1. The second-order valence-corrected chi connectivity index (χ2v) is 5.96. The summed E-state index contributed by atoms with van der Waals surface area (Å²) < 4.78 is 25.5. The molecule has 1 amide bonds.